The number of nitrogens with zero attached hydrogens (tertiary/aromatic N) is 1. The highest BCUT2D eigenvalue weighted by atomic mass is 16.5. The second-order valence-electron chi connectivity index (χ2n) is 5.79. The van der Waals surface area contributed by atoms with E-state index in [-0.39, 0.29) is 5.91 Å². The molecule has 6 heteroatoms. The van der Waals surface area contributed by atoms with Crippen molar-refractivity contribution in [1.29, 1.82) is 0 Å². The summed E-state index contributed by atoms with van der Waals surface area (Å²) in [5, 5.41) is 6.06. The Labute approximate surface area is 158 Å². The van der Waals surface area contributed by atoms with Crippen LogP contribution in [0.1, 0.15) is 15.9 Å². The number of methoxy groups -OCH3 is 2. The van der Waals surface area contributed by atoms with E-state index >= 15 is 0 Å². The van der Waals surface area contributed by atoms with Crippen LogP contribution < -0.4 is 20.1 Å². The van der Waals surface area contributed by atoms with Gasteiger partial charge in [-0.25, -0.2) is 4.98 Å². The van der Waals surface area contributed by atoms with Crippen molar-refractivity contribution < 1.29 is 14.3 Å². The standard InChI is InChI=1S/C21H21N3O3/c1-26-17-10-7-15(8-11-17)13-22-20-12-9-16(14-23-20)21(25)24-18-5-3-4-6-19(18)27-2/h3-12,14H,13H2,1-2H3,(H,22,23)(H,24,25). The molecule has 3 aromatic rings. The Morgan fingerprint density at radius 1 is 0.963 bits per heavy atom. The molecular formula is C21H21N3O3. The first kappa shape index (κ1) is 18.3. The van der Waals surface area contributed by atoms with Crippen molar-refractivity contribution in [3.8, 4) is 11.5 Å². The molecule has 0 aliphatic carbocycles. The van der Waals surface area contributed by atoms with Gasteiger partial charge in [0.05, 0.1) is 25.5 Å². The van der Waals surface area contributed by atoms with Crippen LogP contribution in [-0.2, 0) is 6.54 Å². The number of carbonyl (C=O) groups excluding carboxylic acids is 1. The minimum atomic E-state index is -0.242. The Kier molecular flexibility index (Phi) is 5.89. The molecule has 1 aromatic heterocycles. The van der Waals surface area contributed by atoms with Crippen LogP contribution in [0.15, 0.2) is 66.9 Å². The van der Waals surface area contributed by atoms with Crippen LogP contribution >= 0.6 is 0 Å². The number of rotatable bonds is 7. The van der Waals surface area contributed by atoms with Gasteiger partial charge in [0.1, 0.15) is 17.3 Å². The van der Waals surface area contributed by atoms with Gasteiger partial charge in [-0.2, -0.15) is 0 Å². The van der Waals surface area contributed by atoms with E-state index in [9.17, 15) is 4.79 Å². The van der Waals surface area contributed by atoms with Gasteiger partial charge in [0.25, 0.3) is 5.91 Å². The number of amides is 1. The molecule has 3 rings (SSSR count). The highest BCUT2D eigenvalue weighted by molar-refractivity contribution is 6.04. The lowest BCUT2D eigenvalue weighted by Gasteiger charge is -2.10. The van der Waals surface area contributed by atoms with Crippen LogP contribution in [-0.4, -0.2) is 25.1 Å². The van der Waals surface area contributed by atoms with Gasteiger partial charge in [-0.1, -0.05) is 24.3 Å². The smallest absolute Gasteiger partial charge is 0.257 e. The summed E-state index contributed by atoms with van der Waals surface area (Å²) in [6.45, 7) is 0.629. The maximum absolute atomic E-state index is 12.4. The third-order valence-corrected chi connectivity index (χ3v) is 4.01. The molecule has 0 radical (unpaired) electrons. The van der Waals surface area contributed by atoms with Crippen molar-refractivity contribution in [2.75, 3.05) is 24.9 Å². The first-order chi connectivity index (χ1) is 13.2. The van der Waals surface area contributed by atoms with Gasteiger partial charge in [0.2, 0.25) is 0 Å². The fourth-order valence-electron chi connectivity index (χ4n) is 2.51. The molecule has 2 N–H and O–H groups in total. The summed E-state index contributed by atoms with van der Waals surface area (Å²) < 4.78 is 10.4. The van der Waals surface area contributed by atoms with Crippen LogP contribution in [0.3, 0.4) is 0 Å². The first-order valence-corrected chi connectivity index (χ1v) is 8.47. The first-order valence-electron chi connectivity index (χ1n) is 8.47. The molecule has 0 saturated carbocycles. The number of nitrogens with one attached hydrogen (secondary N) is 2. The lowest BCUT2D eigenvalue weighted by molar-refractivity contribution is 0.102. The third kappa shape index (κ3) is 4.76. The molecule has 0 atom stereocenters. The number of hydrogen-bond donors (Lipinski definition) is 2. The number of benzene rings is 2. The Morgan fingerprint density at radius 3 is 2.41 bits per heavy atom. The van der Waals surface area contributed by atoms with Crippen molar-refractivity contribution in [2.24, 2.45) is 0 Å². The van der Waals surface area contributed by atoms with Gasteiger partial charge in [-0.15, -0.1) is 0 Å². The van der Waals surface area contributed by atoms with Crippen LogP contribution in [0.4, 0.5) is 11.5 Å². The zero-order valence-corrected chi connectivity index (χ0v) is 15.2. The number of hydrogen-bond acceptors (Lipinski definition) is 5. The summed E-state index contributed by atoms with van der Waals surface area (Å²) in [6.07, 6.45) is 1.54. The summed E-state index contributed by atoms with van der Waals surface area (Å²) in [4.78, 5) is 16.7. The molecule has 138 valence electrons. The summed E-state index contributed by atoms with van der Waals surface area (Å²) in [7, 11) is 3.21. The van der Waals surface area contributed by atoms with E-state index < -0.39 is 0 Å². The second-order valence-corrected chi connectivity index (χ2v) is 5.79. The normalized spacial score (nSPS) is 10.1. The lowest BCUT2D eigenvalue weighted by Crippen LogP contribution is -2.13. The largest absolute Gasteiger partial charge is 0.497 e. The summed E-state index contributed by atoms with van der Waals surface area (Å²) in [6, 6.07) is 18.6. The fraction of sp³-hybridized carbons (Fsp3) is 0.143. The molecule has 0 bridgehead atoms. The molecule has 0 spiro atoms. The van der Waals surface area contributed by atoms with Crippen molar-refractivity contribution in [2.45, 2.75) is 6.54 Å². The van der Waals surface area contributed by atoms with Gasteiger partial charge >= 0.3 is 0 Å². The van der Waals surface area contributed by atoms with E-state index in [2.05, 4.69) is 15.6 Å². The van der Waals surface area contributed by atoms with Crippen molar-refractivity contribution in [1.82, 2.24) is 4.98 Å². The van der Waals surface area contributed by atoms with Crippen LogP contribution in [0.5, 0.6) is 11.5 Å². The fourth-order valence-corrected chi connectivity index (χ4v) is 2.51. The zero-order chi connectivity index (χ0) is 19.1. The van der Waals surface area contributed by atoms with E-state index in [1.807, 2.05) is 36.4 Å². The molecule has 1 amide bonds. The van der Waals surface area contributed by atoms with Crippen LogP contribution in [0.2, 0.25) is 0 Å². The molecule has 27 heavy (non-hydrogen) atoms. The van der Waals surface area contributed by atoms with E-state index in [4.69, 9.17) is 9.47 Å². The van der Waals surface area contributed by atoms with Gasteiger partial charge in [-0.3, -0.25) is 4.79 Å². The Hall–Kier alpha value is -3.54. The molecule has 0 aliphatic heterocycles. The molecule has 1 heterocycles. The highest BCUT2D eigenvalue weighted by Gasteiger charge is 2.09. The van der Waals surface area contributed by atoms with Crippen LogP contribution in [0.25, 0.3) is 0 Å². The summed E-state index contributed by atoms with van der Waals surface area (Å²) >= 11 is 0. The van der Waals surface area contributed by atoms with Crippen molar-refractivity contribution >= 4 is 17.4 Å². The second kappa shape index (κ2) is 8.71. The number of carbonyl (C=O) groups is 1. The molecule has 0 unspecified atom stereocenters. The van der Waals surface area contributed by atoms with Crippen LogP contribution in [0, 0.1) is 0 Å². The predicted molar refractivity (Wildman–Crippen MR) is 106 cm³/mol. The SMILES string of the molecule is COc1ccc(CNc2ccc(C(=O)Nc3ccccc3OC)cn2)cc1. The molecule has 0 saturated heterocycles. The number of ether oxygens (including phenoxy) is 2. The zero-order valence-electron chi connectivity index (χ0n) is 15.2. The molecule has 6 nitrogen and oxygen atoms in total. The molecule has 2 aromatic carbocycles. The monoisotopic (exact) mass is 363 g/mol. The highest BCUT2D eigenvalue weighted by Crippen LogP contribution is 2.23. The van der Waals surface area contributed by atoms with E-state index in [0.29, 0.717) is 29.4 Å². The maximum atomic E-state index is 12.4. The number of pyridine rings is 1. The average Bonchev–Trinajstić information content (AvgIpc) is 2.73. The van der Waals surface area contributed by atoms with E-state index in [0.717, 1.165) is 11.3 Å². The van der Waals surface area contributed by atoms with E-state index in [1.54, 1.807) is 44.7 Å². The molecule has 0 fully saturated rings. The minimum absolute atomic E-state index is 0.242. The van der Waals surface area contributed by atoms with Gasteiger partial charge in [-0.05, 0) is 42.0 Å². The summed E-state index contributed by atoms with van der Waals surface area (Å²) in [5.74, 6) is 1.88. The van der Waals surface area contributed by atoms with Gasteiger partial charge < -0.3 is 20.1 Å². The maximum Gasteiger partial charge on any atom is 0.257 e. The topological polar surface area (TPSA) is 72.5 Å². The number of aromatic nitrogens is 1. The lowest BCUT2D eigenvalue weighted by atomic mass is 10.2. The molecule has 0 aliphatic rings. The average molecular weight is 363 g/mol. The Morgan fingerprint density at radius 2 is 1.74 bits per heavy atom. The third-order valence-electron chi connectivity index (χ3n) is 4.01. The van der Waals surface area contributed by atoms with Crippen molar-refractivity contribution in [3.63, 3.8) is 0 Å². The quantitative estimate of drug-likeness (QED) is 0.665. The van der Waals surface area contributed by atoms with Crippen molar-refractivity contribution in [3.05, 3.63) is 78.0 Å². The Bertz CT molecular complexity index is 893. The predicted octanol–water partition coefficient (Wildman–Crippen LogP) is 3.96. The van der Waals surface area contributed by atoms with Gasteiger partial charge in [0.15, 0.2) is 0 Å². The number of para-hydroxylation sites is 2. The number of anilines is 2. The summed E-state index contributed by atoms with van der Waals surface area (Å²) in [5.41, 5.74) is 2.19. The molecular weight excluding hydrogens is 342 g/mol. The minimum Gasteiger partial charge on any atom is -0.497 e. The van der Waals surface area contributed by atoms with Gasteiger partial charge in [0, 0.05) is 12.7 Å². The van der Waals surface area contributed by atoms with E-state index in [1.165, 1.54) is 0 Å². The Balaban J connectivity index is 1.59.